The zero-order valence-electron chi connectivity index (χ0n) is 15.9. The lowest BCUT2D eigenvalue weighted by Crippen LogP contribution is -2.47. The summed E-state index contributed by atoms with van der Waals surface area (Å²) < 4.78 is 33.6. The summed E-state index contributed by atoms with van der Waals surface area (Å²) >= 11 is 0. The van der Waals surface area contributed by atoms with Crippen LogP contribution in [-0.2, 0) is 10.0 Å². The van der Waals surface area contributed by atoms with Gasteiger partial charge in [-0.05, 0) is 31.7 Å². The molecule has 1 aliphatic heterocycles. The minimum atomic E-state index is -3.72. The molecule has 152 valence electrons. The first kappa shape index (κ1) is 20.3. The molecule has 3 rings (SSSR count). The minimum Gasteiger partial charge on any atom is -0.493 e. The molecule has 28 heavy (non-hydrogen) atoms. The van der Waals surface area contributed by atoms with Gasteiger partial charge >= 0.3 is 0 Å². The van der Waals surface area contributed by atoms with Crippen LogP contribution in [0.5, 0.6) is 5.75 Å². The van der Waals surface area contributed by atoms with Gasteiger partial charge in [-0.25, -0.2) is 13.4 Å². The molecule has 0 aliphatic carbocycles. The maximum atomic E-state index is 13.1. The average Bonchev–Trinajstić information content (AvgIpc) is 2.69. The summed E-state index contributed by atoms with van der Waals surface area (Å²) in [5.41, 5.74) is -0.428. The predicted octanol–water partition coefficient (Wildman–Crippen LogP) is 0.872. The molecule has 1 fully saturated rings. The summed E-state index contributed by atoms with van der Waals surface area (Å²) in [4.78, 5) is 18.0. The quantitative estimate of drug-likeness (QED) is 0.707. The van der Waals surface area contributed by atoms with Gasteiger partial charge in [-0.15, -0.1) is 4.73 Å². The number of piperazine rings is 1. The third-order valence-electron chi connectivity index (χ3n) is 4.58. The second-order valence-corrected chi connectivity index (χ2v) is 8.57. The number of nitrogens with zero attached hydrogens (tertiary/aromatic N) is 4. The highest BCUT2D eigenvalue weighted by molar-refractivity contribution is 7.89. The van der Waals surface area contributed by atoms with Crippen molar-refractivity contribution in [1.29, 1.82) is 0 Å². The van der Waals surface area contributed by atoms with Gasteiger partial charge in [0.25, 0.3) is 5.56 Å². The van der Waals surface area contributed by atoms with Gasteiger partial charge in [0.05, 0.1) is 17.1 Å². The zero-order chi connectivity index (χ0) is 20.3. The maximum Gasteiger partial charge on any atom is 0.286 e. The molecule has 0 radical (unpaired) electrons. The zero-order valence-corrected chi connectivity index (χ0v) is 16.7. The summed E-state index contributed by atoms with van der Waals surface area (Å²) in [5, 5.41) is 10.1. The van der Waals surface area contributed by atoms with Crippen LogP contribution in [0.15, 0.2) is 40.2 Å². The van der Waals surface area contributed by atoms with Crippen molar-refractivity contribution in [2.24, 2.45) is 0 Å². The minimum absolute atomic E-state index is 0.0639. The molecule has 1 N–H and O–H groups in total. The van der Waals surface area contributed by atoms with Crippen LogP contribution < -0.4 is 10.3 Å². The highest BCUT2D eigenvalue weighted by Crippen LogP contribution is 2.32. The summed E-state index contributed by atoms with van der Waals surface area (Å²) in [6.07, 6.45) is 2.00. The number of likely N-dealkylation sites (N-methyl/N-ethyl adjacent to an activating group) is 1. The van der Waals surface area contributed by atoms with Gasteiger partial charge in [0.15, 0.2) is 5.82 Å². The lowest BCUT2D eigenvalue weighted by Gasteiger charge is -2.31. The fourth-order valence-corrected chi connectivity index (χ4v) is 4.39. The van der Waals surface area contributed by atoms with Crippen molar-refractivity contribution in [3.63, 3.8) is 0 Å². The summed E-state index contributed by atoms with van der Waals surface area (Å²) in [6.45, 7) is 4.45. The molecule has 2 heterocycles. The van der Waals surface area contributed by atoms with Gasteiger partial charge in [-0.3, -0.25) is 4.79 Å². The highest BCUT2D eigenvalue weighted by atomic mass is 32.2. The second-order valence-electron chi connectivity index (χ2n) is 6.63. The van der Waals surface area contributed by atoms with Crippen molar-refractivity contribution in [2.45, 2.75) is 18.2 Å². The summed E-state index contributed by atoms with van der Waals surface area (Å²) in [7, 11) is -1.77. The number of rotatable bonds is 6. The Morgan fingerprint density at radius 3 is 2.57 bits per heavy atom. The first-order chi connectivity index (χ1) is 13.3. The molecule has 1 aromatic carbocycles. The van der Waals surface area contributed by atoms with Crippen molar-refractivity contribution >= 4 is 10.0 Å². The number of hydrogen-bond donors (Lipinski definition) is 1. The normalized spacial score (nSPS) is 16.2. The van der Waals surface area contributed by atoms with Crippen LogP contribution >= 0.6 is 0 Å². The Morgan fingerprint density at radius 1 is 1.18 bits per heavy atom. The summed E-state index contributed by atoms with van der Waals surface area (Å²) in [5.74, 6) is 0.272. The van der Waals surface area contributed by atoms with Gasteiger partial charge in [0, 0.05) is 38.4 Å². The fourth-order valence-electron chi connectivity index (χ4n) is 2.94. The first-order valence-corrected chi connectivity index (χ1v) is 10.5. The largest absolute Gasteiger partial charge is 0.493 e. The lowest BCUT2D eigenvalue weighted by atomic mass is 10.2. The molecule has 0 saturated carbocycles. The molecule has 0 atom stereocenters. The molecule has 0 bridgehead atoms. The van der Waals surface area contributed by atoms with Gasteiger partial charge < -0.3 is 14.8 Å². The molecule has 1 aromatic heterocycles. The number of ether oxygens (including phenoxy) is 1. The van der Waals surface area contributed by atoms with Crippen molar-refractivity contribution in [1.82, 2.24) is 18.9 Å². The van der Waals surface area contributed by atoms with E-state index >= 15 is 0 Å². The average molecular weight is 408 g/mol. The van der Waals surface area contributed by atoms with E-state index < -0.39 is 15.6 Å². The second kappa shape index (κ2) is 8.29. The molecule has 10 heteroatoms. The van der Waals surface area contributed by atoms with Crippen LogP contribution in [0, 0.1) is 0 Å². The van der Waals surface area contributed by atoms with Gasteiger partial charge in [0.1, 0.15) is 5.75 Å². The monoisotopic (exact) mass is 408 g/mol. The van der Waals surface area contributed by atoms with E-state index in [1.54, 1.807) is 0 Å². The van der Waals surface area contributed by atoms with E-state index in [2.05, 4.69) is 9.88 Å². The van der Waals surface area contributed by atoms with Crippen molar-refractivity contribution in [3.05, 3.63) is 40.8 Å². The number of aromatic nitrogens is 2. The topological polar surface area (TPSA) is 105 Å². The molecular weight excluding hydrogens is 384 g/mol. The molecule has 9 nitrogen and oxygen atoms in total. The Bertz CT molecular complexity index is 997. The Balaban J connectivity index is 2.07. The summed E-state index contributed by atoms with van der Waals surface area (Å²) in [6, 6.07) is 5.52. The van der Waals surface area contributed by atoms with Crippen LogP contribution in [0.4, 0.5) is 0 Å². The molecule has 2 aromatic rings. The first-order valence-electron chi connectivity index (χ1n) is 9.08. The Kier molecular flexibility index (Phi) is 6.01. The van der Waals surface area contributed by atoms with E-state index in [1.807, 2.05) is 14.0 Å². The third kappa shape index (κ3) is 4.03. The van der Waals surface area contributed by atoms with Crippen molar-refractivity contribution in [3.8, 4) is 17.1 Å². The predicted molar refractivity (Wildman–Crippen MR) is 103 cm³/mol. The van der Waals surface area contributed by atoms with Gasteiger partial charge in [-0.2, -0.15) is 4.31 Å². The van der Waals surface area contributed by atoms with E-state index in [0.29, 0.717) is 43.3 Å². The Morgan fingerprint density at radius 2 is 1.89 bits per heavy atom. The van der Waals surface area contributed by atoms with Crippen LogP contribution in [-0.4, -0.2) is 72.4 Å². The SMILES string of the molecule is CCCOc1ccc(S(=O)(=O)N2CCN(C)CC2)cc1-c1nccc(=O)n1O. The van der Waals surface area contributed by atoms with E-state index in [9.17, 15) is 18.4 Å². The molecule has 1 saturated heterocycles. The Hall–Kier alpha value is -2.43. The molecular formula is C18H24N4O5S. The molecule has 1 aliphatic rings. The van der Waals surface area contributed by atoms with Crippen LogP contribution in [0.25, 0.3) is 11.4 Å². The fraction of sp³-hybridized carbons (Fsp3) is 0.444. The Labute approximate surface area is 163 Å². The van der Waals surface area contributed by atoms with Crippen LogP contribution in [0.1, 0.15) is 13.3 Å². The molecule has 0 spiro atoms. The van der Waals surface area contributed by atoms with Crippen LogP contribution in [0.3, 0.4) is 0 Å². The van der Waals surface area contributed by atoms with Crippen molar-refractivity contribution < 1.29 is 18.4 Å². The molecule has 0 amide bonds. The van der Waals surface area contributed by atoms with E-state index in [-0.39, 0.29) is 16.3 Å². The maximum absolute atomic E-state index is 13.1. The van der Waals surface area contributed by atoms with E-state index in [1.165, 1.54) is 28.7 Å². The number of sulfonamides is 1. The van der Waals surface area contributed by atoms with E-state index in [4.69, 9.17) is 4.74 Å². The van der Waals surface area contributed by atoms with Gasteiger partial charge in [-0.1, -0.05) is 6.92 Å². The standard InChI is InChI=1S/C18H24N4O5S/c1-3-12-27-16-5-4-14(28(25,26)21-10-8-20(2)9-11-21)13-15(16)18-19-7-6-17(23)22(18)24/h4-7,13,24H,3,8-12H2,1-2H3. The number of hydrogen-bond acceptors (Lipinski definition) is 7. The van der Waals surface area contributed by atoms with Crippen LogP contribution in [0.2, 0.25) is 0 Å². The van der Waals surface area contributed by atoms with Gasteiger partial charge in [0.2, 0.25) is 10.0 Å². The molecule has 0 unspecified atom stereocenters. The third-order valence-corrected chi connectivity index (χ3v) is 6.47. The van der Waals surface area contributed by atoms with Crippen molar-refractivity contribution in [2.75, 3.05) is 39.8 Å². The smallest absolute Gasteiger partial charge is 0.286 e. The van der Waals surface area contributed by atoms with E-state index in [0.717, 1.165) is 12.5 Å². The lowest BCUT2D eigenvalue weighted by molar-refractivity contribution is 0.176. The highest BCUT2D eigenvalue weighted by Gasteiger charge is 2.29. The number of benzene rings is 1.